The number of hydrogen-bond donors (Lipinski definition) is 2. The first-order chi connectivity index (χ1) is 25.5. The average Bonchev–Trinajstić information content (AvgIpc) is 3.49. The van der Waals surface area contributed by atoms with E-state index in [1.54, 1.807) is 92.9 Å². The van der Waals surface area contributed by atoms with Crippen molar-refractivity contribution < 1.29 is 52.8 Å². The van der Waals surface area contributed by atoms with Gasteiger partial charge in [0.05, 0.1) is 54.9 Å². The van der Waals surface area contributed by atoms with Gasteiger partial charge in [-0.2, -0.15) is 0 Å². The van der Waals surface area contributed by atoms with Gasteiger partial charge in [0, 0.05) is 0 Å². The van der Waals surface area contributed by atoms with E-state index in [4.69, 9.17) is 42.6 Å². The number of benzene rings is 4. The lowest BCUT2D eigenvalue weighted by Gasteiger charge is -2.24. The van der Waals surface area contributed by atoms with Crippen molar-refractivity contribution in [1.29, 1.82) is 0 Å². The Kier molecular flexibility index (Phi) is 12.9. The minimum absolute atomic E-state index is 0.167. The molecule has 286 valence electrons. The summed E-state index contributed by atoms with van der Waals surface area (Å²) in [5, 5.41) is 22.2. The Morgan fingerprint density at radius 3 is 1.11 bits per heavy atom. The zero-order valence-corrected chi connectivity index (χ0v) is 32.1. The van der Waals surface area contributed by atoms with Crippen LogP contribution in [0.3, 0.4) is 0 Å². The summed E-state index contributed by atoms with van der Waals surface area (Å²) in [4.78, 5) is 0. The van der Waals surface area contributed by atoms with Crippen LogP contribution in [0.25, 0.3) is 0 Å². The molecule has 8 atom stereocenters. The van der Waals surface area contributed by atoms with E-state index in [9.17, 15) is 10.2 Å². The molecule has 2 N–H and O–H groups in total. The smallest absolute Gasteiger partial charge is 0.161 e. The van der Waals surface area contributed by atoms with Gasteiger partial charge >= 0.3 is 0 Å². The first kappa shape index (κ1) is 39.4. The van der Waals surface area contributed by atoms with Crippen molar-refractivity contribution >= 4 is 0 Å². The van der Waals surface area contributed by atoms with Crippen molar-refractivity contribution in [3.8, 4) is 46.0 Å². The first-order valence-corrected chi connectivity index (χ1v) is 17.6. The third kappa shape index (κ3) is 8.38. The predicted molar refractivity (Wildman–Crippen MR) is 200 cm³/mol. The van der Waals surface area contributed by atoms with Crippen molar-refractivity contribution in [3.63, 3.8) is 0 Å². The molecule has 4 aromatic rings. The molecule has 0 spiro atoms. The highest BCUT2D eigenvalue weighted by molar-refractivity contribution is 5.48. The Morgan fingerprint density at radius 2 is 0.774 bits per heavy atom. The van der Waals surface area contributed by atoms with E-state index >= 15 is 0 Å². The summed E-state index contributed by atoms with van der Waals surface area (Å²) >= 11 is 0. The highest BCUT2D eigenvalue weighted by Gasteiger charge is 2.41. The highest BCUT2D eigenvalue weighted by Crippen LogP contribution is 2.51. The maximum absolute atomic E-state index is 11.1. The van der Waals surface area contributed by atoms with E-state index in [-0.39, 0.29) is 24.0 Å². The van der Waals surface area contributed by atoms with Gasteiger partial charge < -0.3 is 52.8 Å². The molecule has 1 fully saturated rings. The van der Waals surface area contributed by atoms with Crippen LogP contribution in [0.5, 0.6) is 46.0 Å². The molecule has 1 heterocycles. The molecule has 0 saturated carbocycles. The number of rotatable bonds is 16. The van der Waals surface area contributed by atoms with Crippen LogP contribution >= 0.6 is 0 Å². The Bertz CT molecular complexity index is 1700. The lowest BCUT2D eigenvalue weighted by molar-refractivity contribution is 0.0281. The van der Waals surface area contributed by atoms with Crippen LogP contribution in [0.15, 0.2) is 72.8 Å². The van der Waals surface area contributed by atoms with E-state index < -0.39 is 24.4 Å². The maximum Gasteiger partial charge on any atom is 0.161 e. The molecule has 53 heavy (non-hydrogen) atoms. The summed E-state index contributed by atoms with van der Waals surface area (Å²) in [6.07, 6.45) is -3.49. The maximum atomic E-state index is 11.1. The summed E-state index contributed by atoms with van der Waals surface area (Å²) in [7, 11) is 9.43. The molecule has 1 aliphatic heterocycles. The monoisotopic (exact) mass is 732 g/mol. The third-order valence-corrected chi connectivity index (χ3v) is 10.1. The summed E-state index contributed by atoms with van der Waals surface area (Å²) < 4.78 is 52.2. The number of hydrogen-bond acceptors (Lipinski definition) is 11. The molecular formula is C42H52O11. The SMILES string of the molecule is COc1ccc(C(O)C(C)Oc2ccc(C3OC(c4ccc(OC(C)[C@@H](O)c5ccc(OC)c(OC)c5)c(OC)c4)C(C)C3C)cc2OC)cc1OC. The fourth-order valence-corrected chi connectivity index (χ4v) is 6.78. The van der Waals surface area contributed by atoms with E-state index in [1.165, 1.54) is 0 Å². The van der Waals surface area contributed by atoms with Crippen LogP contribution in [-0.2, 0) is 4.74 Å². The Morgan fingerprint density at radius 1 is 0.453 bits per heavy atom. The Hall–Kier alpha value is -4.84. The number of aliphatic hydroxyl groups excluding tert-OH is 2. The second kappa shape index (κ2) is 17.3. The van der Waals surface area contributed by atoms with Crippen molar-refractivity contribution in [2.24, 2.45) is 11.8 Å². The quantitative estimate of drug-likeness (QED) is 0.117. The van der Waals surface area contributed by atoms with Gasteiger partial charge in [0.25, 0.3) is 0 Å². The second-order valence-electron chi connectivity index (χ2n) is 13.3. The standard InChI is InChI=1S/C42H52O11/c1-23-24(2)42(30-14-18-34(38(22-30)50-10)52-26(4)40(44)28-12-16-32(46-6)36(20-28)48-8)53-41(23)29-13-17-33(37(21-29)49-9)51-25(3)39(43)27-11-15-31(45-5)35(19-27)47-7/h11-26,39-44H,1-10H3/t23?,24?,25?,26?,39-,40?,41?,42?/m1/s1. The van der Waals surface area contributed by atoms with Gasteiger partial charge in [-0.15, -0.1) is 0 Å². The minimum atomic E-state index is -0.932. The van der Waals surface area contributed by atoms with Gasteiger partial charge in [-0.3, -0.25) is 0 Å². The van der Waals surface area contributed by atoms with Gasteiger partial charge in [-0.1, -0.05) is 38.1 Å². The van der Waals surface area contributed by atoms with Crippen LogP contribution in [0, 0.1) is 11.8 Å². The second-order valence-corrected chi connectivity index (χ2v) is 13.3. The number of ether oxygens (including phenoxy) is 9. The highest BCUT2D eigenvalue weighted by atomic mass is 16.5. The Balaban J connectivity index is 1.29. The average molecular weight is 733 g/mol. The molecule has 7 unspecified atom stereocenters. The van der Waals surface area contributed by atoms with E-state index in [1.807, 2.05) is 36.4 Å². The molecule has 0 amide bonds. The van der Waals surface area contributed by atoms with Crippen LogP contribution in [0.4, 0.5) is 0 Å². The van der Waals surface area contributed by atoms with Crippen molar-refractivity contribution in [2.45, 2.75) is 64.3 Å². The first-order valence-electron chi connectivity index (χ1n) is 17.6. The van der Waals surface area contributed by atoms with Gasteiger partial charge in [0.2, 0.25) is 0 Å². The zero-order chi connectivity index (χ0) is 38.4. The largest absolute Gasteiger partial charge is 0.493 e. The van der Waals surface area contributed by atoms with Crippen LogP contribution in [-0.4, -0.2) is 65.1 Å². The molecule has 0 aromatic heterocycles. The normalized spacial score (nSPS) is 20.5. The van der Waals surface area contributed by atoms with Crippen LogP contribution < -0.4 is 37.9 Å². The molecule has 1 aliphatic rings. The molecule has 11 nitrogen and oxygen atoms in total. The van der Waals surface area contributed by atoms with Crippen molar-refractivity contribution in [2.75, 3.05) is 42.7 Å². The van der Waals surface area contributed by atoms with E-state index in [0.29, 0.717) is 57.1 Å². The van der Waals surface area contributed by atoms with Gasteiger partial charge in [-0.25, -0.2) is 0 Å². The zero-order valence-electron chi connectivity index (χ0n) is 32.1. The summed E-state index contributed by atoms with van der Waals surface area (Å²) in [6, 6.07) is 22.1. The lowest BCUT2D eigenvalue weighted by Crippen LogP contribution is -2.22. The topological polar surface area (TPSA) is 124 Å². The molecule has 1 saturated heterocycles. The third-order valence-electron chi connectivity index (χ3n) is 10.1. The van der Waals surface area contributed by atoms with Gasteiger partial charge in [0.1, 0.15) is 24.4 Å². The van der Waals surface area contributed by atoms with Crippen molar-refractivity contribution in [1.82, 2.24) is 0 Å². The molecule has 0 bridgehead atoms. The molecule has 4 aromatic carbocycles. The fraction of sp³-hybridized carbons (Fsp3) is 0.429. The summed E-state index contributed by atoms with van der Waals surface area (Å²) in [6.45, 7) is 7.96. The van der Waals surface area contributed by atoms with Gasteiger partial charge in [0.15, 0.2) is 46.0 Å². The number of aliphatic hydroxyl groups is 2. The van der Waals surface area contributed by atoms with Gasteiger partial charge in [-0.05, 0) is 96.5 Å². The fourth-order valence-electron chi connectivity index (χ4n) is 6.78. The lowest BCUT2D eigenvalue weighted by atomic mass is 9.85. The molecule has 11 heteroatoms. The summed E-state index contributed by atoms with van der Waals surface area (Å²) in [5.74, 6) is 4.62. The predicted octanol–water partition coefficient (Wildman–Crippen LogP) is 7.82. The minimum Gasteiger partial charge on any atom is -0.493 e. The molecule has 0 radical (unpaired) electrons. The van der Waals surface area contributed by atoms with E-state index in [2.05, 4.69) is 13.8 Å². The van der Waals surface area contributed by atoms with Crippen LogP contribution in [0.2, 0.25) is 0 Å². The number of methoxy groups -OCH3 is 6. The summed E-state index contributed by atoms with van der Waals surface area (Å²) in [5.41, 5.74) is 3.18. The molecular weight excluding hydrogens is 680 g/mol. The van der Waals surface area contributed by atoms with Crippen LogP contribution in [0.1, 0.15) is 74.4 Å². The van der Waals surface area contributed by atoms with E-state index in [0.717, 1.165) is 11.1 Å². The molecule has 0 aliphatic carbocycles. The molecule has 5 rings (SSSR count). The Labute approximate surface area is 312 Å². The van der Waals surface area contributed by atoms with Crippen molar-refractivity contribution in [3.05, 3.63) is 95.1 Å².